The van der Waals surface area contributed by atoms with Crippen molar-refractivity contribution in [2.24, 2.45) is 0 Å². The summed E-state index contributed by atoms with van der Waals surface area (Å²) in [4.78, 5) is 36.6. The number of hydrogen-bond donors (Lipinski definition) is 1. The fraction of sp³-hybridized carbons (Fsp3) is 0.474. The molecule has 2 aromatic rings. The number of nitrogens with one attached hydrogen (secondary N) is 1. The van der Waals surface area contributed by atoms with Crippen molar-refractivity contribution >= 4 is 29.0 Å². The average Bonchev–Trinajstić information content (AvgIpc) is 3.47. The lowest BCUT2D eigenvalue weighted by molar-refractivity contribution is 0.00841. The van der Waals surface area contributed by atoms with Crippen LogP contribution in [0, 0.1) is 0 Å². The molecule has 8 heteroatoms. The predicted octanol–water partition coefficient (Wildman–Crippen LogP) is 3.27. The highest BCUT2D eigenvalue weighted by molar-refractivity contribution is 6.34. The van der Waals surface area contributed by atoms with Gasteiger partial charge in [0, 0.05) is 12.2 Å². The Balaban J connectivity index is 1.68. The number of pyridine rings is 1. The van der Waals surface area contributed by atoms with Crippen LogP contribution >= 0.6 is 11.6 Å². The van der Waals surface area contributed by atoms with E-state index < -0.39 is 5.66 Å². The number of anilines is 2. The second kappa shape index (κ2) is 6.05. The van der Waals surface area contributed by atoms with E-state index in [4.69, 9.17) is 11.6 Å². The molecule has 2 saturated carbocycles. The van der Waals surface area contributed by atoms with E-state index in [1.165, 1.54) is 6.33 Å². The molecular weight excluding hydrogens is 366 g/mol. The highest BCUT2D eigenvalue weighted by atomic mass is 35.5. The number of amides is 1. The molecule has 0 bridgehead atoms. The summed E-state index contributed by atoms with van der Waals surface area (Å²) in [6, 6.07) is 3.45. The molecule has 3 heterocycles. The Hall–Kier alpha value is -2.41. The number of hydrogen-bond acceptors (Lipinski definition) is 5. The molecule has 0 radical (unpaired) electrons. The zero-order chi connectivity index (χ0) is 18.6. The van der Waals surface area contributed by atoms with E-state index in [0.717, 1.165) is 44.9 Å². The Morgan fingerprint density at radius 3 is 2.63 bits per heavy atom. The summed E-state index contributed by atoms with van der Waals surface area (Å²) in [5.74, 6) is 0.412. The zero-order valence-corrected chi connectivity index (χ0v) is 15.6. The van der Waals surface area contributed by atoms with Crippen LogP contribution in [0.15, 0.2) is 29.5 Å². The maximum atomic E-state index is 13.4. The number of carbonyl (C=O) groups excluding carboxylic acids is 1. The summed E-state index contributed by atoms with van der Waals surface area (Å²) >= 11 is 6.52. The molecule has 2 aromatic heterocycles. The second-order valence-corrected chi connectivity index (χ2v) is 7.97. The first-order valence-electron chi connectivity index (χ1n) is 9.44. The van der Waals surface area contributed by atoms with Gasteiger partial charge in [0.1, 0.15) is 29.2 Å². The lowest BCUT2D eigenvalue weighted by atomic mass is 9.87. The van der Waals surface area contributed by atoms with E-state index in [2.05, 4.69) is 15.3 Å². The Morgan fingerprint density at radius 2 is 1.96 bits per heavy atom. The van der Waals surface area contributed by atoms with Crippen molar-refractivity contribution < 1.29 is 4.79 Å². The van der Waals surface area contributed by atoms with Crippen molar-refractivity contribution in [3.8, 4) is 0 Å². The zero-order valence-electron chi connectivity index (χ0n) is 14.8. The van der Waals surface area contributed by atoms with Crippen molar-refractivity contribution in [3.63, 3.8) is 0 Å². The van der Waals surface area contributed by atoms with Gasteiger partial charge in [0.05, 0.1) is 5.02 Å². The third-order valence-corrected chi connectivity index (χ3v) is 6.14. The van der Waals surface area contributed by atoms with Gasteiger partial charge < -0.3 is 10.2 Å². The van der Waals surface area contributed by atoms with Crippen LogP contribution in [0.2, 0.25) is 5.02 Å². The van der Waals surface area contributed by atoms with Crippen molar-refractivity contribution in [2.75, 3.05) is 5.32 Å². The molecule has 7 nitrogen and oxygen atoms in total. The first-order valence-corrected chi connectivity index (χ1v) is 9.82. The van der Waals surface area contributed by atoms with Gasteiger partial charge in [0.15, 0.2) is 0 Å². The lowest BCUT2D eigenvalue weighted by Gasteiger charge is -2.42. The normalized spacial score (nSPS) is 20.8. The molecule has 0 saturated heterocycles. The van der Waals surface area contributed by atoms with E-state index in [-0.39, 0.29) is 17.5 Å². The molecule has 3 aliphatic rings. The van der Waals surface area contributed by atoms with Crippen LogP contribution in [0.1, 0.15) is 55.4 Å². The fourth-order valence-corrected chi connectivity index (χ4v) is 4.88. The van der Waals surface area contributed by atoms with Crippen LogP contribution in [0.4, 0.5) is 11.5 Å². The Morgan fingerprint density at radius 1 is 1.19 bits per heavy atom. The predicted molar refractivity (Wildman–Crippen MR) is 101 cm³/mol. The topological polar surface area (TPSA) is 80.1 Å². The first-order chi connectivity index (χ1) is 13.1. The molecule has 0 unspecified atom stereocenters. The first kappa shape index (κ1) is 16.7. The lowest BCUT2D eigenvalue weighted by Crippen LogP contribution is -2.52. The van der Waals surface area contributed by atoms with Crippen LogP contribution < -0.4 is 10.9 Å². The number of nitrogens with zero attached hydrogens (tertiary/aromatic N) is 4. The Labute approximate surface area is 161 Å². The minimum atomic E-state index is -0.573. The van der Waals surface area contributed by atoms with Crippen LogP contribution in [0.5, 0.6) is 0 Å². The summed E-state index contributed by atoms with van der Waals surface area (Å²) in [5.41, 5.74) is -0.122. The van der Waals surface area contributed by atoms with Gasteiger partial charge in [-0.3, -0.25) is 14.2 Å². The maximum absolute atomic E-state index is 13.4. The van der Waals surface area contributed by atoms with Crippen LogP contribution in [0.3, 0.4) is 0 Å². The van der Waals surface area contributed by atoms with Crippen molar-refractivity contribution in [3.05, 3.63) is 45.7 Å². The summed E-state index contributed by atoms with van der Waals surface area (Å²) in [6.45, 7) is 0. The summed E-state index contributed by atoms with van der Waals surface area (Å²) in [6.07, 6.45) is 9.75. The van der Waals surface area contributed by atoms with Gasteiger partial charge >= 0.3 is 0 Å². The maximum Gasteiger partial charge on any atom is 0.276 e. The molecule has 1 aliphatic heterocycles. The van der Waals surface area contributed by atoms with Gasteiger partial charge in [0.25, 0.3) is 11.5 Å². The molecule has 0 aromatic carbocycles. The quantitative estimate of drug-likeness (QED) is 0.877. The van der Waals surface area contributed by atoms with Crippen molar-refractivity contribution in [2.45, 2.75) is 56.7 Å². The highest BCUT2D eigenvalue weighted by Gasteiger charge is 2.56. The SMILES string of the molecule is O=C1c2c(Cl)cc(Nc3ccncn3)c(=O)n2C2(CCCCC2)N1C1CC1. The molecule has 2 aliphatic carbocycles. The summed E-state index contributed by atoms with van der Waals surface area (Å²) in [5, 5.41) is 3.35. The number of aromatic nitrogens is 3. The van der Waals surface area contributed by atoms with E-state index >= 15 is 0 Å². The van der Waals surface area contributed by atoms with E-state index in [9.17, 15) is 9.59 Å². The largest absolute Gasteiger partial charge is 0.336 e. The molecular formula is C19H20ClN5O2. The molecule has 2 fully saturated rings. The van der Waals surface area contributed by atoms with Gasteiger partial charge in [-0.2, -0.15) is 0 Å². The third-order valence-electron chi connectivity index (χ3n) is 5.85. The van der Waals surface area contributed by atoms with Crippen LogP contribution in [0.25, 0.3) is 0 Å². The van der Waals surface area contributed by atoms with E-state index in [0.29, 0.717) is 22.2 Å². The van der Waals surface area contributed by atoms with E-state index in [1.54, 1.807) is 22.9 Å². The van der Waals surface area contributed by atoms with Crippen LogP contribution in [-0.2, 0) is 5.66 Å². The molecule has 1 spiro atoms. The highest BCUT2D eigenvalue weighted by Crippen LogP contribution is 2.49. The molecule has 0 atom stereocenters. The summed E-state index contributed by atoms with van der Waals surface area (Å²) < 4.78 is 1.68. The molecule has 1 amide bonds. The number of fused-ring (bicyclic) bond motifs is 2. The minimum Gasteiger partial charge on any atom is -0.336 e. The third kappa shape index (κ3) is 2.48. The Kier molecular flexibility index (Phi) is 3.75. The smallest absolute Gasteiger partial charge is 0.276 e. The Bertz CT molecular complexity index is 964. The average molecular weight is 386 g/mol. The number of rotatable bonds is 3. The van der Waals surface area contributed by atoms with E-state index in [1.807, 2.05) is 4.90 Å². The van der Waals surface area contributed by atoms with Gasteiger partial charge in [-0.25, -0.2) is 9.97 Å². The molecule has 27 heavy (non-hydrogen) atoms. The van der Waals surface area contributed by atoms with Gasteiger partial charge in [-0.05, 0) is 50.7 Å². The minimum absolute atomic E-state index is 0.102. The monoisotopic (exact) mass is 385 g/mol. The van der Waals surface area contributed by atoms with Gasteiger partial charge in [0.2, 0.25) is 0 Å². The standard InChI is InChI=1S/C19H20ClN5O2/c20-13-10-14(23-15-6-9-21-11-22-15)17(26)25-16(13)18(27)24(12-4-5-12)19(25)7-2-1-3-8-19/h6,9-12H,1-5,7-8H2,(H,21,22,23). The van der Waals surface area contributed by atoms with Gasteiger partial charge in [-0.15, -0.1) is 0 Å². The fourth-order valence-electron chi connectivity index (χ4n) is 4.60. The van der Waals surface area contributed by atoms with Crippen molar-refractivity contribution in [1.29, 1.82) is 0 Å². The van der Waals surface area contributed by atoms with Crippen LogP contribution in [-0.4, -0.2) is 31.4 Å². The second-order valence-electron chi connectivity index (χ2n) is 7.56. The molecule has 1 N–H and O–H groups in total. The summed E-state index contributed by atoms with van der Waals surface area (Å²) in [7, 11) is 0. The van der Waals surface area contributed by atoms with Crippen molar-refractivity contribution in [1.82, 2.24) is 19.4 Å². The number of carbonyl (C=O) groups is 1. The molecule has 140 valence electrons. The van der Waals surface area contributed by atoms with Gasteiger partial charge in [-0.1, -0.05) is 18.0 Å². The molecule has 5 rings (SSSR count). The number of halogens is 1.